The topological polar surface area (TPSA) is 44.8 Å². The molecule has 0 saturated carbocycles. The zero-order chi connectivity index (χ0) is 19.7. The lowest BCUT2D eigenvalue weighted by Gasteiger charge is -2.35. The summed E-state index contributed by atoms with van der Waals surface area (Å²) in [6.07, 6.45) is 0.0939. The maximum absolute atomic E-state index is 12.8. The first-order valence-electron chi connectivity index (χ1n) is 10.2. The maximum atomic E-state index is 12.8. The number of likely N-dealkylation sites (N-methyl/N-ethyl adjacent to an activating group) is 1. The molecule has 0 bridgehead atoms. The van der Waals surface area contributed by atoms with Gasteiger partial charge in [0.25, 0.3) is 5.91 Å². The Morgan fingerprint density at radius 1 is 1.07 bits per heavy atom. The van der Waals surface area contributed by atoms with Crippen LogP contribution in [0.3, 0.4) is 0 Å². The summed E-state index contributed by atoms with van der Waals surface area (Å²) < 4.78 is 5.95. The van der Waals surface area contributed by atoms with E-state index >= 15 is 0 Å². The van der Waals surface area contributed by atoms with E-state index in [4.69, 9.17) is 4.74 Å². The SMILES string of the molecule is CCN1CCN(c2ccc(NC(=O)c3cccc4c3O[C@H](C)[C@@H]4C)cc2)CC1. The van der Waals surface area contributed by atoms with Gasteiger partial charge < -0.3 is 19.9 Å². The summed E-state index contributed by atoms with van der Waals surface area (Å²) in [6.45, 7) is 11.8. The molecule has 5 heteroatoms. The second kappa shape index (κ2) is 7.84. The van der Waals surface area contributed by atoms with Gasteiger partial charge in [-0.15, -0.1) is 0 Å². The minimum absolute atomic E-state index is 0.0939. The van der Waals surface area contributed by atoms with E-state index in [1.807, 2.05) is 37.3 Å². The van der Waals surface area contributed by atoms with Crippen LogP contribution in [0.1, 0.15) is 42.6 Å². The van der Waals surface area contributed by atoms with E-state index in [1.54, 1.807) is 0 Å². The number of carbonyl (C=O) groups excluding carboxylic acids is 1. The number of nitrogens with zero attached hydrogens (tertiary/aromatic N) is 2. The first-order valence-corrected chi connectivity index (χ1v) is 10.2. The molecule has 2 aliphatic heterocycles. The number of benzene rings is 2. The average Bonchev–Trinajstić information content (AvgIpc) is 3.02. The van der Waals surface area contributed by atoms with Gasteiger partial charge in [0.2, 0.25) is 0 Å². The normalized spacial score (nSPS) is 21.9. The summed E-state index contributed by atoms with van der Waals surface area (Å²) in [5.41, 5.74) is 3.73. The van der Waals surface area contributed by atoms with E-state index in [-0.39, 0.29) is 12.0 Å². The smallest absolute Gasteiger partial charge is 0.259 e. The molecule has 1 N–H and O–H groups in total. The van der Waals surface area contributed by atoms with Crippen LogP contribution in [0.2, 0.25) is 0 Å². The lowest BCUT2D eigenvalue weighted by Crippen LogP contribution is -2.46. The van der Waals surface area contributed by atoms with Crippen LogP contribution in [-0.4, -0.2) is 49.6 Å². The summed E-state index contributed by atoms with van der Waals surface area (Å²) in [4.78, 5) is 17.7. The number of para-hydroxylation sites is 1. The van der Waals surface area contributed by atoms with Crippen LogP contribution in [0, 0.1) is 0 Å². The predicted molar refractivity (Wildman–Crippen MR) is 114 cm³/mol. The van der Waals surface area contributed by atoms with E-state index < -0.39 is 0 Å². The Labute approximate surface area is 167 Å². The Balaban J connectivity index is 1.44. The van der Waals surface area contributed by atoms with Crippen molar-refractivity contribution in [2.24, 2.45) is 0 Å². The third-order valence-electron chi connectivity index (χ3n) is 6.10. The second-order valence-electron chi connectivity index (χ2n) is 7.76. The minimum atomic E-state index is -0.123. The van der Waals surface area contributed by atoms with Crippen molar-refractivity contribution in [1.82, 2.24) is 4.90 Å². The quantitative estimate of drug-likeness (QED) is 0.873. The third kappa shape index (κ3) is 3.59. The molecule has 4 rings (SSSR count). The van der Waals surface area contributed by atoms with Gasteiger partial charge in [0.05, 0.1) is 5.56 Å². The van der Waals surface area contributed by atoms with Gasteiger partial charge in [-0.05, 0) is 43.8 Å². The number of piperazine rings is 1. The van der Waals surface area contributed by atoms with Crippen molar-refractivity contribution in [2.75, 3.05) is 42.9 Å². The molecule has 0 aromatic heterocycles. The molecular formula is C23H29N3O2. The summed E-state index contributed by atoms with van der Waals surface area (Å²) in [6, 6.07) is 14.0. The van der Waals surface area contributed by atoms with E-state index in [0.29, 0.717) is 11.5 Å². The molecular weight excluding hydrogens is 350 g/mol. The highest BCUT2D eigenvalue weighted by Crippen LogP contribution is 2.40. The summed E-state index contributed by atoms with van der Waals surface area (Å²) >= 11 is 0. The van der Waals surface area contributed by atoms with Gasteiger partial charge >= 0.3 is 0 Å². The van der Waals surface area contributed by atoms with Crippen LogP contribution in [0.5, 0.6) is 5.75 Å². The molecule has 0 radical (unpaired) electrons. The Morgan fingerprint density at radius 3 is 2.46 bits per heavy atom. The largest absolute Gasteiger partial charge is 0.489 e. The van der Waals surface area contributed by atoms with Gasteiger partial charge in [-0.3, -0.25) is 4.79 Å². The van der Waals surface area contributed by atoms with Crippen LogP contribution in [0.4, 0.5) is 11.4 Å². The van der Waals surface area contributed by atoms with E-state index in [0.717, 1.165) is 49.7 Å². The number of fused-ring (bicyclic) bond motifs is 1. The highest BCUT2D eigenvalue weighted by Gasteiger charge is 2.31. The van der Waals surface area contributed by atoms with Crippen molar-refractivity contribution in [2.45, 2.75) is 32.8 Å². The molecule has 1 amide bonds. The average molecular weight is 380 g/mol. The van der Waals surface area contributed by atoms with Crippen molar-refractivity contribution in [3.8, 4) is 5.75 Å². The van der Waals surface area contributed by atoms with Crippen molar-refractivity contribution >= 4 is 17.3 Å². The molecule has 2 heterocycles. The number of amides is 1. The molecule has 2 atom stereocenters. The van der Waals surface area contributed by atoms with E-state index in [9.17, 15) is 4.79 Å². The van der Waals surface area contributed by atoms with Crippen molar-refractivity contribution in [3.05, 3.63) is 53.6 Å². The summed E-state index contributed by atoms with van der Waals surface area (Å²) in [5, 5.41) is 3.02. The van der Waals surface area contributed by atoms with Crippen LogP contribution in [0.15, 0.2) is 42.5 Å². The third-order valence-corrected chi connectivity index (χ3v) is 6.10. The zero-order valence-electron chi connectivity index (χ0n) is 16.9. The summed E-state index contributed by atoms with van der Waals surface area (Å²) in [7, 11) is 0. The molecule has 148 valence electrons. The molecule has 2 aromatic carbocycles. The molecule has 5 nitrogen and oxygen atoms in total. The molecule has 0 aliphatic carbocycles. The van der Waals surface area contributed by atoms with Crippen LogP contribution in [-0.2, 0) is 0 Å². The molecule has 1 saturated heterocycles. The van der Waals surface area contributed by atoms with Gasteiger partial charge in [-0.1, -0.05) is 26.0 Å². The monoisotopic (exact) mass is 379 g/mol. The fraction of sp³-hybridized carbons (Fsp3) is 0.435. The van der Waals surface area contributed by atoms with Gasteiger partial charge in [0, 0.05) is 49.0 Å². The lowest BCUT2D eigenvalue weighted by molar-refractivity contribution is 0.102. The molecule has 1 fully saturated rings. The maximum Gasteiger partial charge on any atom is 0.259 e. The molecule has 2 aliphatic rings. The van der Waals surface area contributed by atoms with Crippen LogP contribution < -0.4 is 15.0 Å². The fourth-order valence-corrected chi connectivity index (χ4v) is 4.04. The predicted octanol–water partition coefficient (Wildman–Crippen LogP) is 3.97. The Hall–Kier alpha value is -2.53. The Bertz CT molecular complexity index is 841. The van der Waals surface area contributed by atoms with Gasteiger partial charge in [0.1, 0.15) is 11.9 Å². The van der Waals surface area contributed by atoms with E-state index in [2.05, 4.69) is 41.1 Å². The number of ether oxygens (including phenoxy) is 1. The fourth-order valence-electron chi connectivity index (χ4n) is 4.04. The Kier molecular flexibility index (Phi) is 5.27. The van der Waals surface area contributed by atoms with Gasteiger partial charge in [-0.25, -0.2) is 0 Å². The number of nitrogens with one attached hydrogen (secondary N) is 1. The Morgan fingerprint density at radius 2 is 1.79 bits per heavy atom. The molecule has 0 unspecified atom stereocenters. The highest BCUT2D eigenvalue weighted by molar-refractivity contribution is 6.06. The van der Waals surface area contributed by atoms with Crippen molar-refractivity contribution in [3.63, 3.8) is 0 Å². The van der Waals surface area contributed by atoms with Crippen molar-refractivity contribution in [1.29, 1.82) is 0 Å². The first kappa shape index (κ1) is 18.8. The molecule has 2 aromatic rings. The van der Waals surface area contributed by atoms with Gasteiger partial charge in [-0.2, -0.15) is 0 Å². The zero-order valence-corrected chi connectivity index (χ0v) is 16.9. The number of carbonyl (C=O) groups is 1. The number of rotatable bonds is 4. The first-order chi connectivity index (χ1) is 13.6. The number of hydrogen-bond donors (Lipinski definition) is 1. The highest BCUT2D eigenvalue weighted by atomic mass is 16.5. The minimum Gasteiger partial charge on any atom is -0.489 e. The molecule has 28 heavy (non-hydrogen) atoms. The van der Waals surface area contributed by atoms with Gasteiger partial charge in [0.15, 0.2) is 0 Å². The lowest BCUT2D eigenvalue weighted by atomic mass is 9.97. The van der Waals surface area contributed by atoms with Crippen LogP contribution in [0.25, 0.3) is 0 Å². The number of hydrogen-bond acceptors (Lipinski definition) is 4. The summed E-state index contributed by atoms with van der Waals surface area (Å²) in [5.74, 6) is 0.906. The molecule has 0 spiro atoms. The second-order valence-corrected chi connectivity index (χ2v) is 7.76. The van der Waals surface area contributed by atoms with E-state index in [1.165, 1.54) is 5.69 Å². The van der Waals surface area contributed by atoms with Crippen LogP contribution >= 0.6 is 0 Å². The standard InChI is InChI=1S/C23H29N3O2/c1-4-25-12-14-26(15-13-25)19-10-8-18(9-11-19)24-23(27)21-7-5-6-20-16(2)17(3)28-22(20)21/h5-11,16-17H,4,12-15H2,1-3H3,(H,24,27)/t16-,17+/m0/s1. The van der Waals surface area contributed by atoms with Crippen molar-refractivity contribution < 1.29 is 9.53 Å². The number of anilines is 2.